The van der Waals surface area contributed by atoms with E-state index < -0.39 is 16.8 Å². The highest BCUT2D eigenvalue weighted by molar-refractivity contribution is 5.69. The summed E-state index contributed by atoms with van der Waals surface area (Å²) in [6, 6.07) is 3.24. The topological polar surface area (TPSA) is 86.9 Å². The number of anilines is 1. The molecule has 0 radical (unpaired) electrons. The number of halogens is 1. The number of likely N-dealkylation sites (tertiary alicyclic amines) is 1. The Morgan fingerprint density at radius 3 is 2.70 bits per heavy atom. The van der Waals surface area contributed by atoms with Gasteiger partial charge < -0.3 is 14.9 Å². The number of hydrogen-bond acceptors (Lipinski definition) is 4. The summed E-state index contributed by atoms with van der Waals surface area (Å²) in [7, 11) is 0. The van der Waals surface area contributed by atoms with Gasteiger partial charge in [0, 0.05) is 19.1 Å². The fraction of sp³-hybridized carbons (Fsp3) is 0.417. The molecule has 8 heteroatoms. The lowest BCUT2D eigenvalue weighted by atomic mass is 10.2. The van der Waals surface area contributed by atoms with E-state index in [9.17, 15) is 19.3 Å². The van der Waals surface area contributed by atoms with Gasteiger partial charge in [-0.15, -0.1) is 0 Å². The van der Waals surface area contributed by atoms with Gasteiger partial charge in [0.1, 0.15) is 11.5 Å². The van der Waals surface area contributed by atoms with Gasteiger partial charge in [-0.2, -0.15) is 0 Å². The van der Waals surface area contributed by atoms with Gasteiger partial charge in [-0.05, 0) is 18.6 Å². The first kappa shape index (κ1) is 12.6. The number of fused-ring (bicyclic) bond motifs is 2. The Morgan fingerprint density at radius 2 is 2.15 bits per heavy atom. The van der Waals surface area contributed by atoms with E-state index >= 15 is 0 Å². The number of amides is 1. The lowest BCUT2D eigenvalue weighted by Crippen LogP contribution is -2.48. The third kappa shape index (κ3) is 1.84. The van der Waals surface area contributed by atoms with Crippen LogP contribution in [-0.2, 0) is 0 Å². The quantitative estimate of drug-likeness (QED) is 0.658. The van der Waals surface area contributed by atoms with E-state index in [0.717, 1.165) is 6.07 Å². The van der Waals surface area contributed by atoms with E-state index in [1.54, 1.807) is 0 Å². The monoisotopic (exact) mass is 281 g/mol. The van der Waals surface area contributed by atoms with E-state index in [4.69, 9.17) is 5.11 Å². The molecular weight excluding hydrogens is 269 g/mol. The first-order valence-corrected chi connectivity index (χ1v) is 6.17. The van der Waals surface area contributed by atoms with Gasteiger partial charge in [-0.1, -0.05) is 0 Å². The summed E-state index contributed by atoms with van der Waals surface area (Å²) in [5.74, 6) is -0.656. The number of hydrogen-bond donors (Lipinski definition) is 1. The van der Waals surface area contributed by atoms with E-state index in [2.05, 4.69) is 0 Å². The first-order chi connectivity index (χ1) is 9.47. The molecule has 20 heavy (non-hydrogen) atoms. The minimum atomic E-state index is -0.967. The maximum atomic E-state index is 13.1. The largest absolute Gasteiger partial charge is 0.465 e. The average molecular weight is 281 g/mol. The second kappa shape index (κ2) is 4.32. The minimum absolute atomic E-state index is 0.0831. The average Bonchev–Trinajstić information content (AvgIpc) is 2.98. The summed E-state index contributed by atoms with van der Waals surface area (Å²) in [5.41, 5.74) is 0.0772. The van der Waals surface area contributed by atoms with Crippen LogP contribution in [0.4, 0.5) is 20.6 Å². The van der Waals surface area contributed by atoms with Gasteiger partial charge in [0.2, 0.25) is 0 Å². The fourth-order valence-corrected chi connectivity index (χ4v) is 3.08. The SMILES string of the molecule is O=C(O)N1C[C@H]2C[C@@H]1CN2c1ccc(F)cc1[N+](=O)[O-]. The first-order valence-electron chi connectivity index (χ1n) is 6.17. The molecule has 1 aromatic rings. The zero-order valence-corrected chi connectivity index (χ0v) is 10.4. The van der Waals surface area contributed by atoms with E-state index in [-0.39, 0.29) is 17.8 Å². The van der Waals surface area contributed by atoms with Gasteiger partial charge in [0.05, 0.1) is 17.0 Å². The van der Waals surface area contributed by atoms with Crippen LogP contribution in [-0.4, -0.2) is 46.2 Å². The summed E-state index contributed by atoms with van der Waals surface area (Å²) in [6.07, 6.45) is -0.313. The third-order valence-corrected chi connectivity index (χ3v) is 3.93. The normalized spacial score (nSPS) is 24.2. The Kier molecular flexibility index (Phi) is 2.73. The van der Waals surface area contributed by atoms with Crippen molar-refractivity contribution in [2.45, 2.75) is 18.5 Å². The molecule has 2 fully saturated rings. The Hall–Kier alpha value is -2.38. The molecule has 1 N–H and O–H groups in total. The Morgan fingerprint density at radius 1 is 1.40 bits per heavy atom. The lowest BCUT2D eigenvalue weighted by Gasteiger charge is -2.33. The minimum Gasteiger partial charge on any atom is -0.465 e. The maximum absolute atomic E-state index is 13.1. The molecule has 0 unspecified atom stereocenters. The summed E-state index contributed by atoms with van der Waals surface area (Å²) < 4.78 is 13.1. The molecule has 0 aliphatic carbocycles. The number of nitrogens with zero attached hydrogens (tertiary/aromatic N) is 3. The number of carbonyl (C=O) groups is 1. The van der Waals surface area contributed by atoms with E-state index in [0.29, 0.717) is 25.2 Å². The van der Waals surface area contributed by atoms with Gasteiger partial charge in [-0.25, -0.2) is 9.18 Å². The standard InChI is InChI=1S/C12H12FN3O4/c13-7-1-2-10(11(3-7)16(19)20)14-5-9-4-8(14)6-15(9)12(17)18/h1-3,8-9H,4-6H2,(H,17,18)/t8-,9-/m1/s1. The Labute approximate surface area is 113 Å². The molecule has 2 atom stereocenters. The van der Waals surface area contributed by atoms with E-state index in [1.807, 2.05) is 4.90 Å². The molecule has 0 saturated carbocycles. The van der Waals surface area contributed by atoms with Crippen molar-refractivity contribution in [1.29, 1.82) is 0 Å². The molecule has 0 aromatic heterocycles. The number of piperazine rings is 1. The molecule has 1 amide bonds. The van der Waals surface area contributed by atoms with Crippen LogP contribution in [0.2, 0.25) is 0 Å². The smallest absolute Gasteiger partial charge is 0.407 e. The van der Waals surface area contributed by atoms with Gasteiger partial charge in [-0.3, -0.25) is 10.1 Å². The number of benzene rings is 1. The van der Waals surface area contributed by atoms with Gasteiger partial charge in [0.15, 0.2) is 0 Å². The molecule has 2 heterocycles. The van der Waals surface area contributed by atoms with Crippen molar-refractivity contribution in [1.82, 2.24) is 4.90 Å². The Balaban J connectivity index is 1.90. The highest BCUT2D eigenvalue weighted by atomic mass is 19.1. The number of rotatable bonds is 2. The summed E-state index contributed by atoms with van der Waals surface area (Å²) in [6.45, 7) is 0.734. The third-order valence-electron chi connectivity index (χ3n) is 3.93. The highest BCUT2D eigenvalue weighted by Crippen LogP contribution is 2.38. The predicted molar refractivity (Wildman–Crippen MR) is 67.3 cm³/mol. The molecule has 2 aliphatic heterocycles. The fourth-order valence-electron chi connectivity index (χ4n) is 3.08. The Bertz CT molecular complexity index is 594. The van der Waals surface area contributed by atoms with Gasteiger partial charge in [0.25, 0.3) is 5.69 Å². The van der Waals surface area contributed by atoms with Crippen LogP contribution in [0, 0.1) is 15.9 Å². The maximum Gasteiger partial charge on any atom is 0.407 e. The zero-order chi connectivity index (χ0) is 14.4. The van der Waals surface area contributed by atoms with Crippen LogP contribution in [0.5, 0.6) is 0 Å². The summed E-state index contributed by atoms with van der Waals surface area (Å²) in [4.78, 5) is 24.6. The van der Waals surface area contributed by atoms with E-state index in [1.165, 1.54) is 17.0 Å². The summed E-state index contributed by atoms with van der Waals surface area (Å²) in [5, 5.41) is 20.0. The van der Waals surface area contributed by atoms with Crippen molar-refractivity contribution < 1.29 is 19.2 Å². The molecule has 3 rings (SSSR count). The van der Waals surface area contributed by atoms with Crippen LogP contribution >= 0.6 is 0 Å². The molecular formula is C12H12FN3O4. The van der Waals surface area contributed by atoms with Crippen molar-refractivity contribution in [3.8, 4) is 0 Å². The van der Waals surface area contributed by atoms with Crippen LogP contribution < -0.4 is 4.90 Å². The van der Waals surface area contributed by atoms with Crippen molar-refractivity contribution in [3.63, 3.8) is 0 Å². The van der Waals surface area contributed by atoms with Crippen LogP contribution in [0.3, 0.4) is 0 Å². The van der Waals surface area contributed by atoms with Crippen LogP contribution in [0.1, 0.15) is 6.42 Å². The van der Waals surface area contributed by atoms with Crippen molar-refractivity contribution in [2.75, 3.05) is 18.0 Å². The molecule has 7 nitrogen and oxygen atoms in total. The van der Waals surface area contributed by atoms with Crippen molar-refractivity contribution in [3.05, 3.63) is 34.1 Å². The molecule has 2 aliphatic rings. The number of nitro benzene ring substituents is 1. The molecule has 2 saturated heterocycles. The molecule has 1 aromatic carbocycles. The molecule has 0 spiro atoms. The van der Waals surface area contributed by atoms with Crippen LogP contribution in [0.15, 0.2) is 18.2 Å². The lowest BCUT2D eigenvalue weighted by molar-refractivity contribution is -0.384. The number of nitro groups is 1. The number of carboxylic acid groups (broad SMARTS) is 1. The van der Waals surface area contributed by atoms with Crippen molar-refractivity contribution >= 4 is 17.5 Å². The zero-order valence-electron chi connectivity index (χ0n) is 10.4. The van der Waals surface area contributed by atoms with Crippen LogP contribution in [0.25, 0.3) is 0 Å². The predicted octanol–water partition coefficient (Wildman–Crippen LogP) is 1.67. The highest BCUT2D eigenvalue weighted by Gasteiger charge is 2.46. The second-order valence-electron chi connectivity index (χ2n) is 5.02. The molecule has 106 valence electrons. The summed E-state index contributed by atoms with van der Waals surface area (Å²) >= 11 is 0. The van der Waals surface area contributed by atoms with Crippen molar-refractivity contribution in [2.24, 2.45) is 0 Å². The van der Waals surface area contributed by atoms with Gasteiger partial charge >= 0.3 is 6.09 Å². The molecule has 2 bridgehead atoms. The second-order valence-corrected chi connectivity index (χ2v) is 5.02.